The molecule has 0 radical (unpaired) electrons. The molecule has 1 aromatic carbocycles. The number of piperazine rings is 1. The number of carbonyl (C=O) groups excluding carboxylic acids is 1. The molecule has 0 bridgehead atoms. The molecule has 174 valence electrons. The number of guanidine groups is 1. The zero-order valence-corrected chi connectivity index (χ0v) is 21.3. The van der Waals surface area contributed by atoms with Gasteiger partial charge in [0, 0.05) is 39.4 Å². The van der Waals surface area contributed by atoms with Crippen LogP contribution in [0.4, 0.5) is 4.79 Å². The van der Waals surface area contributed by atoms with Crippen molar-refractivity contribution in [3.05, 3.63) is 35.9 Å². The van der Waals surface area contributed by atoms with E-state index < -0.39 is 5.60 Å². The van der Waals surface area contributed by atoms with Crippen LogP contribution in [0.25, 0.3) is 0 Å². The Morgan fingerprint density at radius 2 is 1.71 bits per heavy atom. The summed E-state index contributed by atoms with van der Waals surface area (Å²) >= 11 is 0. The Hall–Kier alpha value is -1.55. The molecular formula is C23H37IN4O3. The predicted octanol–water partition coefficient (Wildman–Crippen LogP) is 4.03. The fourth-order valence-electron chi connectivity index (χ4n) is 3.92. The largest absolute Gasteiger partial charge is 0.444 e. The Morgan fingerprint density at radius 3 is 2.29 bits per heavy atom. The highest BCUT2D eigenvalue weighted by Crippen LogP contribution is 2.30. The second-order valence-corrected chi connectivity index (χ2v) is 9.16. The van der Waals surface area contributed by atoms with Crippen molar-refractivity contribution in [2.75, 3.05) is 39.4 Å². The lowest BCUT2D eigenvalue weighted by atomic mass is 9.90. The minimum atomic E-state index is -0.484. The Morgan fingerprint density at radius 1 is 1.13 bits per heavy atom. The van der Waals surface area contributed by atoms with Crippen molar-refractivity contribution in [1.29, 1.82) is 0 Å². The number of carbonyl (C=O) groups is 1. The zero-order valence-electron chi connectivity index (χ0n) is 19.0. The minimum Gasteiger partial charge on any atom is -0.444 e. The molecule has 3 rings (SSSR count). The summed E-state index contributed by atoms with van der Waals surface area (Å²) in [6.07, 6.45) is 2.87. The van der Waals surface area contributed by atoms with Gasteiger partial charge in [-0.05, 0) is 51.5 Å². The van der Waals surface area contributed by atoms with E-state index in [1.807, 2.05) is 26.8 Å². The maximum absolute atomic E-state index is 12.3. The van der Waals surface area contributed by atoms with E-state index in [4.69, 9.17) is 20.2 Å². The van der Waals surface area contributed by atoms with Gasteiger partial charge in [-0.25, -0.2) is 9.79 Å². The van der Waals surface area contributed by atoms with Crippen molar-refractivity contribution in [2.45, 2.75) is 51.7 Å². The summed E-state index contributed by atoms with van der Waals surface area (Å²) < 4.78 is 11.0. The molecule has 0 aromatic heterocycles. The van der Waals surface area contributed by atoms with Crippen LogP contribution >= 0.6 is 24.0 Å². The molecule has 0 saturated carbocycles. The number of hydrogen-bond acceptors (Lipinski definition) is 4. The van der Waals surface area contributed by atoms with Crippen LogP contribution in [-0.2, 0) is 9.47 Å². The fourth-order valence-corrected chi connectivity index (χ4v) is 3.92. The number of nitrogens with two attached hydrogens (primary N) is 1. The molecule has 2 aliphatic rings. The Labute approximate surface area is 203 Å². The highest BCUT2D eigenvalue weighted by Gasteiger charge is 2.27. The van der Waals surface area contributed by atoms with Gasteiger partial charge in [-0.1, -0.05) is 30.3 Å². The molecule has 7 nitrogen and oxygen atoms in total. The average Bonchev–Trinajstić information content (AvgIpc) is 2.73. The lowest BCUT2D eigenvalue weighted by molar-refractivity contribution is 0.0186. The second kappa shape index (κ2) is 11.9. The third kappa shape index (κ3) is 8.14. The quantitative estimate of drug-likeness (QED) is 0.352. The van der Waals surface area contributed by atoms with Gasteiger partial charge in [-0.3, -0.25) is 0 Å². The molecule has 2 fully saturated rings. The number of halogens is 1. The van der Waals surface area contributed by atoms with Crippen LogP contribution in [0.1, 0.15) is 51.6 Å². The summed E-state index contributed by atoms with van der Waals surface area (Å²) in [6, 6.07) is 10.4. The van der Waals surface area contributed by atoms with Crippen LogP contribution in [0.5, 0.6) is 0 Å². The van der Waals surface area contributed by atoms with Gasteiger partial charge in [0.15, 0.2) is 5.96 Å². The van der Waals surface area contributed by atoms with Crippen LogP contribution in [0, 0.1) is 5.92 Å². The topological polar surface area (TPSA) is 80.4 Å². The first-order chi connectivity index (χ1) is 14.3. The molecule has 1 unspecified atom stereocenters. The summed E-state index contributed by atoms with van der Waals surface area (Å²) in [5, 5.41) is 0. The van der Waals surface area contributed by atoms with Crippen molar-refractivity contribution < 1.29 is 14.3 Å². The van der Waals surface area contributed by atoms with Crippen molar-refractivity contribution in [2.24, 2.45) is 16.6 Å². The fraction of sp³-hybridized carbons (Fsp3) is 0.652. The number of amides is 1. The lowest BCUT2D eigenvalue weighted by Crippen LogP contribution is -2.53. The number of benzene rings is 1. The molecule has 1 amide bonds. The van der Waals surface area contributed by atoms with Crippen molar-refractivity contribution in [3.63, 3.8) is 0 Å². The van der Waals surface area contributed by atoms with Gasteiger partial charge >= 0.3 is 6.09 Å². The molecule has 2 heterocycles. The first kappa shape index (κ1) is 25.7. The van der Waals surface area contributed by atoms with Crippen LogP contribution in [0.15, 0.2) is 35.3 Å². The molecule has 1 aromatic rings. The average molecular weight is 544 g/mol. The van der Waals surface area contributed by atoms with Crippen molar-refractivity contribution in [3.8, 4) is 0 Å². The number of ether oxygens (including phenoxy) is 2. The van der Waals surface area contributed by atoms with E-state index in [0.717, 1.165) is 32.5 Å². The van der Waals surface area contributed by atoms with Gasteiger partial charge < -0.3 is 25.0 Å². The summed E-state index contributed by atoms with van der Waals surface area (Å²) in [4.78, 5) is 21.0. The van der Waals surface area contributed by atoms with Crippen LogP contribution in [0.3, 0.4) is 0 Å². The van der Waals surface area contributed by atoms with E-state index in [-0.39, 0.29) is 36.1 Å². The van der Waals surface area contributed by atoms with Crippen molar-refractivity contribution in [1.82, 2.24) is 9.80 Å². The van der Waals surface area contributed by atoms with Crippen LogP contribution in [-0.4, -0.2) is 66.8 Å². The van der Waals surface area contributed by atoms with E-state index in [2.05, 4.69) is 29.2 Å². The predicted molar refractivity (Wildman–Crippen MR) is 134 cm³/mol. The molecule has 1 atom stereocenters. The van der Waals surface area contributed by atoms with Gasteiger partial charge in [-0.15, -0.1) is 24.0 Å². The molecular weight excluding hydrogens is 507 g/mol. The zero-order chi connectivity index (χ0) is 21.6. The number of rotatable bonds is 4. The number of nitrogens with zero attached hydrogens (tertiary/aromatic N) is 3. The first-order valence-electron chi connectivity index (χ1n) is 11.0. The standard InChI is InChI=1S/C23H36N4O3.HI/c1-23(2,3)30-22(28)27-13-11-26(12-14-27)21(24)25-20(19-7-5-4-6-8-19)17-18-9-15-29-16-10-18;/h4-8,18,20H,9-17H2,1-3H3,(H2,24,25);1H. The summed E-state index contributed by atoms with van der Waals surface area (Å²) in [7, 11) is 0. The molecule has 2 N–H and O–H groups in total. The van der Waals surface area contributed by atoms with Gasteiger partial charge in [-0.2, -0.15) is 0 Å². The minimum absolute atomic E-state index is 0. The summed E-state index contributed by atoms with van der Waals surface area (Å²) in [6.45, 7) is 9.80. The Kier molecular flexibility index (Phi) is 9.87. The van der Waals surface area contributed by atoms with E-state index in [1.165, 1.54) is 5.56 Å². The molecule has 0 spiro atoms. The lowest BCUT2D eigenvalue weighted by Gasteiger charge is -2.36. The Bertz CT molecular complexity index is 709. The normalized spacial score (nSPS) is 19.5. The number of hydrogen-bond donors (Lipinski definition) is 1. The third-order valence-electron chi connectivity index (χ3n) is 5.63. The first-order valence-corrected chi connectivity index (χ1v) is 11.0. The number of aliphatic imine (C=N–C) groups is 1. The monoisotopic (exact) mass is 544 g/mol. The molecule has 8 heteroatoms. The molecule has 2 aliphatic heterocycles. The van der Waals surface area contributed by atoms with Crippen LogP contribution in [0.2, 0.25) is 0 Å². The van der Waals surface area contributed by atoms with Gasteiger partial charge in [0.1, 0.15) is 5.60 Å². The smallest absolute Gasteiger partial charge is 0.410 e. The van der Waals surface area contributed by atoms with Gasteiger partial charge in [0.25, 0.3) is 0 Å². The van der Waals surface area contributed by atoms with Gasteiger partial charge in [0.2, 0.25) is 0 Å². The maximum Gasteiger partial charge on any atom is 0.410 e. The highest BCUT2D eigenvalue weighted by molar-refractivity contribution is 14.0. The molecule has 2 saturated heterocycles. The van der Waals surface area contributed by atoms with E-state index >= 15 is 0 Å². The van der Waals surface area contributed by atoms with E-state index in [1.54, 1.807) is 4.90 Å². The third-order valence-corrected chi connectivity index (χ3v) is 5.63. The molecule has 0 aliphatic carbocycles. The van der Waals surface area contributed by atoms with Gasteiger partial charge in [0.05, 0.1) is 6.04 Å². The summed E-state index contributed by atoms with van der Waals surface area (Å²) in [5.74, 6) is 1.16. The highest BCUT2D eigenvalue weighted by atomic mass is 127. The SMILES string of the molecule is CC(C)(C)OC(=O)N1CCN(C(N)=NC(CC2CCOCC2)c2ccccc2)CC1.I. The van der Waals surface area contributed by atoms with Crippen LogP contribution < -0.4 is 5.73 Å². The van der Waals surface area contributed by atoms with Crippen molar-refractivity contribution >= 4 is 36.0 Å². The van der Waals surface area contributed by atoms with E-state index in [0.29, 0.717) is 38.1 Å². The Balaban J connectivity index is 0.00000341. The second-order valence-electron chi connectivity index (χ2n) is 9.16. The summed E-state index contributed by atoms with van der Waals surface area (Å²) in [5.41, 5.74) is 7.14. The van der Waals surface area contributed by atoms with E-state index in [9.17, 15) is 4.79 Å². The maximum atomic E-state index is 12.3. The molecule has 31 heavy (non-hydrogen) atoms.